The van der Waals surface area contributed by atoms with Crippen molar-refractivity contribution >= 4 is 29.1 Å². The summed E-state index contributed by atoms with van der Waals surface area (Å²) in [5.41, 5.74) is 3.89. The van der Waals surface area contributed by atoms with Crippen molar-refractivity contribution in [2.75, 3.05) is 40.0 Å². The third-order valence-electron chi connectivity index (χ3n) is 7.66. The number of rotatable bonds is 11. The summed E-state index contributed by atoms with van der Waals surface area (Å²) in [7, 11) is 1.28. The molecule has 40 heavy (non-hydrogen) atoms. The van der Waals surface area contributed by atoms with Gasteiger partial charge in [0.05, 0.1) is 38.1 Å². The van der Waals surface area contributed by atoms with Crippen molar-refractivity contribution in [3.63, 3.8) is 0 Å². The van der Waals surface area contributed by atoms with Crippen LogP contribution in [0, 0.1) is 5.92 Å². The maximum absolute atomic E-state index is 13.8. The molecule has 3 aliphatic rings. The van der Waals surface area contributed by atoms with E-state index in [9.17, 15) is 14.4 Å². The highest BCUT2D eigenvalue weighted by Crippen LogP contribution is 2.46. The van der Waals surface area contributed by atoms with Gasteiger partial charge in [0.2, 0.25) is 11.8 Å². The lowest BCUT2D eigenvalue weighted by atomic mass is 9.99. The number of ether oxygens (including phenoxy) is 2. The van der Waals surface area contributed by atoms with E-state index < -0.39 is 29.0 Å². The first-order valence-electron chi connectivity index (χ1n) is 13.4. The molecular formula is C28H35N5O6S. The zero-order chi connectivity index (χ0) is 28.2. The van der Waals surface area contributed by atoms with Gasteiger partial charge in [0.15, 0.2) is 5.54 Å². The number of methoxy groups -OCH3 is 1. The highest BCUT2D eigenvalue weighted by atomic mass is 32.1. The molecule has 2 aromatic rings. The summed E-state index contributed by atoms with van der Waals surface area (Å²) in [5, 5.41) is 7.70. The van der Waals surface area contributed by atoms with Crippen LogP contribution in [-0.2, 0) is 41.5 Å². The average molecular weight is 570 g/mol. The Labute approximate surface area is 237 Å². The summed E-state index contributed by atoms with van der Waals surface area (Å²) >= 11 is 1.41. The van der Waals surface area contributed by atoms with Crippen LogP contribution in [0.25, 0.3) is 0 Å². The van der Waals surface area contributed by atoms with E-state index in [1.54, 1.807) is 18.5 Å². The molecule has 3 unspecified atom stereocenters. The molecule has 1 saturated carbocycles. The Morgan fingerprint density at radius 1 is 1.23 bits per heavy atom. The minimum atomic E-state index is -1.19. The van der Waals surface area contributed by atoms with Gasteiger partial charge < -0.3 is 24.9 Å². The molecule has 2 fully saturated rings. The van der Waals surface area contributed by atoms with Gasteiger partial charge in [-0.25, -0.2) is 9.78 Å². The number of nitrogens with zero attached hydrogens (tertiary/aromatic N) is 2. The van der Waals surface area contributed by atoms with Crippen molar-refractivity contribution in [2.45, 2.75) is 43.3 Å². The normalized spacial score (nSPS) is 26.8. The van der Waals surface area contributed by atoms with Crippen LogP contribution < -0.4 is 16.1 Å². The summed E-state index contributed by atoms with van der Waals surface area (Å²) in [4.78, 5) is 52.2. The van der Waals surface area contributed by atoms with E-state index in [0.29, 0.717) is 44.1 Å². The molecule has 1 aliphatic carbocycles. The second kappa shape index (κ2) is 12.0. The first-order chi connectivity index (χ1) is 19.3. The number of benzene rings is 1. The monoisotopic (exact) mass is 569 g/mol. The number of thiazole rings is 1. The van der Waals surface area contributed by atoms with Gasteiger partial charge >= 0.3 is 5.97 Å². The molecule has 1 saturated heterocycles. The zero-order valence-electron chi connectivity index (χ0n) is 22.7. The molecular weight excluding hydrogens is 534 g/mol. The maximum Gasteiger partial charge on any atom is 0.328 e. The van der Waals surface area contributed by atoms with Crippen molar-refractivity contribution < 1.29 is 28.7 Å². The number of carbonyl (C=O) groups is 3. The van der Waals surface area contributed by atoms with Gasteiger partial charge in [0.25, 0.3) is 0 Å². The van der Waals surface area contributed by atoms with E-state index in [2.05, 4.69) is 26.0 Å². The van der Waals surface area contributed by atoms with E-state index in [-0.39, 0.29) is 18.2 Å². The zero-order valence-corrected chi connectivity index (χ0v) is 23.5. The summed E-state index contributed by atoms with van der Waals surface area (Å²) < 4.78 is 10.4. The number of aromatic nitrogens is 1. The van der Waals surface area contributed by atoms with Crippen LogP contribution >= 0.6 is 11.3 Å². The number of hydrogen-bond donors (Lipinski definition) is 3. The quantitative estimate of drug-likeness (QED) is 0.339. The van der Waals surface area contributed by atoms with Crippen molar-refractivity contribution in [3.05, 3.63) is 64.3 Å². The van der Waals surface area contributed by atoms with Crippen LogP contribution in [0.5, 0.6) is 0 Å². The summed E-state index contributed by atoms with van der Waals surface area (Å²) in [6, 6.07) is 8.88. The Hall–Kier alpha value is -3.32. The van der Waals surface area contributed by atoms with Crippen LogP contribution in [0.15, 0.2) is 53.1 Å². The average Bonchev–Trinajstić information content (AvgIpc) is 3.26. The number of esters is 1. The summed E-state index contributed by atoms with van der Waals surface area (Å²) in [5.74, 6) is -0.892. The second-order valence-electron chi connectivity index (χ2n) is 10.7. The lowest BCUT2D eigenvalue weighted by Crippen LogP contribution is -2.60. The topological polar surface area (TPSA) is 131 Å². The minimum Gasteiger partial charge on any atom is -0.467 e. The highest BCUT2D eigenvalue weighted by molar-refractivity contribution is 7.07. The molecule has 0 radical (unpaired) electrons. The van der Waals surface area contributed by atoms with E-state index >= 15 is 0 Å². The maximum atomic E-state index is 13.8. The number of hydrogen-bond acceptors (Lipinski definition) is 10. The number of morpholine rings is 1. The summed E-state index contributed by atoms with van der Waals surface area (Å²) in [6.45, 7) is 5.17. The molecule has 5 rings (SSSR count). The minimum absolute atomic E-state index is 0.154. The Bertz CT molecular complexity index is 1240. The molecule has 0 spiro atoms. The fourth-order valence-corrected chi connectivity index (χ4v) is 5.76. The van der Waals surface area contributed by atoms with E-state index in [4.69, 9.17) is 14.3 Å². The largest absolute Gasteiger partial charge is 0.467 e. The molecule has 3 N–H and O–H groups in total. The number of carbonyl (C=O) groups excluding carboxylic acids is 3. The molecule has 1 aromatic heterocycles. The fraction of sp³-hybridized carbons (Fsp3) is 0.500. The van der Waals surface area contributed by atoms with E-state index in [1.807, 2.05) is 35.7 Å². The molecule has 12 heteroatoms. The first kappa shape index (κ1) is 28.2. The Morgan fingerprint density at radius 2 is 2.00 bits per heavy atom. The molecule has 1 aromatic carbocycles. The highest BCUT2D eigenvalue weighted by Gasteiger charge is 2.62. The molecule has 214 valence electrons. The van der Waals surface area contributed by atoms with Crippen LogP contribution in [0.3, 0.4) is 0 Å². The first-order valence-corrected chi connectivity index (χ1v) is 14.3. The van der Waals surface area contributed by atoms with Gasteiger partial charge in [-0.05, 0) is 37.3 Å². The van der Waals surface area contributed by atoms with Crippen molar-refractivity contribution in [1.29, 1.82) is 0 Å². The molecule has 4 atom stereocenters. The molecule has 0 bridgehead atoms. The van der Waals surface area contributed by atoms with Gasteiger partial charge in [-0.1, -0.05) is 30.3 Å². The van der Waals surface area contributed by atoms with Crippen LogP contribution in [0.4, 0.5) is 0 Å². The third-order valence-corrected chi connectivity index (χ3v) is 8.29. The fourth-order valence-electron chi connectivity index (χ4n) is 5.19. The lowest BCUT2D eigenvalue weighted by Gasteiger charge is -2.27. The lowest BCUT2D eigenvalue weighted by molar-refractivity contribution is -0.145. The van der Waals surface area contributed by atoms with E-state index in [1.165, 1.54) is 18.4 Å². The Morgan fingerprint density at radius 3 is 2.70 bits per heavy atom. The molecule has 11 nitrogen and oxygen atoms in total. The van der Waals surface area contributed by atoms with Crippen LogP contribution in [0.2, 0.25) is 0 Å². The van der Waals surface area contributed by atoms with Crippen LogP contribution in [0.1, 0.15) is 24.6 Å². The van der Waals surface area contributed by atoms with Crippen LogP contribution in [-0.4, -0.2) is 84.7 Å². The number of amides is 2. The van der Waals surface area contributed by atoms with Gasteiger partial charge in [-0.3, -0.25) is 14.5 Å². The van der Waals surface area contributed by atoms with Gasteiger partial charge in [-0.2, -0.15) is 0 Å². The predicted octanol–water partition coefficient (Wildman–Crippen LogP) is 0.971. The molecule has 2 amide bonds. The SMILES string of the molecule is COC(=O)[C@H](Cc1cscn1)NC(=O)C1(NC(=O)C2(C)C=C(CN3CCOCC3)ON2)CC1Cc1ccccc1. The van der Waals surface area contributed by atoms with E-state index in [0.717, 1.165) is 18.7 Å². The van der Waals surface area contributed by atoms with Crippen molar-refractivity contribution in [2.24, 2.45) is 5.92 Å². The third kappa shape index (κ3) is 6.35. The van der Waals surface area contributed by atoms with Gasteiger partial charge in [0, 0.05) is 24.9 Å². The summed E-state index contributed by atoms with van der Waals surface area (Å²) in [6.07, 6.45) is 2.99. The second-order valence-corrected chi connectivity index (χ2v) is 11.4. The van der Waals surface area contributed by atoms with Gasteiger partial charge in [-0.15, -0.1) is 16.8 Å². The Kier molecular flexibility index (Phi) is 8.50. The van der Waals surface area contributed by atoms with Gasteiger partial charge in [0.1, 0.15) is 17.3 Å². The van der Waals surface area contributed by atoms with Crippen molar-refractivity contribution in [3.8, 4) is 0 Å². The standard InChI is InChI=1S/C28H35N5O6S/c1-27(15-22(39-32-27)16-33-8-10-38-11-9-33)25(35)31-28(14-20(28)12-19-6-4-3-5-7-19)26(36)30-23(24(34)37-2)13-21-17-40-18-29-21/h3-7,15,17-18,20,23,32H,8-14,16H2,1-2H3,(H,30,36)(H,31,35)/t20?,23-,27?,28?/m0/s1. The number of hydroxylamine groups is 1. The predicted molar refractivity (Wildman–Crippen MR) is 147 cm³/mol. The molecule has 3 heterocycles. The number of nitrogens with one attached hydrogen (secondary N) is 3. The van der Waals surface area contributed by atoms with Crippen molar-refractivity contribution in [1.82, 2.24) is 26.0 Å². The molecule has 2 aliphatic heterocycles. The Balaban J connectivity index is 1.32. The smallest absolute Gasteiger partial charge is 0.328 e.